The van der Waals surface area contributed by atoms with Crippen LogP contribution in [-0.4, -0.2) is 49.4 Å². The van der Waals surface area contributed by atoms with Gasteiger partial charge >= 0.3 is 0 Å². The van der Waals surface area contributed by atoms with Crippen LogP contribution in [0.25, 0.3) is 0 Å². The molecule has 0 spiro atoms. The normalized spacial score (nSPS) is 12.6. The van der Waals surface area contributed by atoms with Crippen LogP contribution in [0.1, 0.15) is 40.5 Å². The van der Waals surface area contributed by atoms with E-state index in [0.29, 0.717) is 6.04 Å². The molecule has 0 heterocycles. The maximum atomic E-state index is 12.1. The molecule has 0 fully saturated rings. The first-order valence-corrected chi connectivity index (χ1v) is 7.07. The van der Waals surface area contributed by atoms with Gasteiger partial charge in [0.25, 0.3) is 0 Å². The van der Waals surface area contributed by atoms with Crippen LogP contribution in [0, 0.1) is 5.92 Å². The van der Waals surface area contributed by atoms with Gasteiger partial charge in [-0.25, -0.2) is 0 Å². The van der Waals surface area contributed by atoms with Crippen molar-refractivity contribution in [2.45, 2.75) is 52.6 Å². The van der Waals surface area contributed by atoms with Crippen molar-refractivity contribution >= 4 is 11.8 Å². The van der Waals surface area contributed by atoms with Crippen LogP contribution in [-0.2, 0) is 9.59 Å². The van der Waals surface area contributed by atoms with E-state index in [1.165, 1.54) is 4.90 Å². The topological polar surface area (TPSA) is 61.4 Å². The van der Waals surface area contributed by atoms with Crippen LogP contribution in [0.3, 0.4) is 0 Å². The highest BCUT2D eigenvalue weighted by molar-refractivity contribution is 5.87. The zero-order valence-electron chi connectivity index (χ0n) is 13.1. The molecule has 2 amide bonds. The number of amides is 2. The first kappa shape index (κ1) is 17.9. The van der Waals surface area contributed by atoms with Gasteiger partial charge in [-0.3, -0.25) is 9.59 Å². The quantitative estimate of drug-likeness (QED) is 0.692. The fourth-order valence-electron chi connectivity index (χ4n) is 1.78. The summed E-state index contributed by atoms with van der Waals surface area (Å²) in [5.41, 5.74) is 0. The molecule has 19 heavy (non-hydrogen) atoms. The van der Waals surface area contributed by atoms with Gasteiger partial charge in [-0.2, -0.15) is 0 Å². The minimum absolute atomic E-state index is 0.0552. The van der Waals surface area contributed by atoms with Crippen molar-refractivity contribution in [1.29, 1.82) is 0 Å². The van der Waals surface area contributed by atoms with Crippen molar-refractivity contribution < 1.29 is 9.59 Å². The van der Waals surface area contributed by atoms with Gasteiger partial charge in [0.05, 0.1) is 12.6 Å². The Balaban J connectivity index is 4.46. The summed E-state index contributed by atoms with van der Waals surface area (Å²) in [4.78, 5) is 25.1. The fourth-order valence-corrected chi connectivity index (χ4v) is 1.78. The van der Waals surface area contributed by atoms with Gasteiger partial charge in [0, 0.05) is 20.1 Å². The van der Waals surface area contributed by atoms with E-state index in [0.717, 1.165) is 12.8 Å². The average molecular weight is 271 g/mol. The first-order chi connectivity index (χ1) is 8.83. The van der Waals surface area contributed by atoms with Crippen molar-refractivity contribution in [3.63, 3.8) is 0 Å². The molecule has 112 valence electrons. The maximum absolute atomic E-state index is 12.1. The number of hydrogen-bond acceptors (Lipinski definition) is 3. The molecule has 0 radical (unpaired) electrons. The fraction of sp³-hybridized carbons (Fsp3) is 0.857. The number of likely N-dealkylation sites (N-methyl/N-ethyl adjacent to an activating group) is 1. The van der Waals surface area contributed by atoms with Crippen LogP contribution in [0.2, 0.25) is 0 Å². The number of nitrogens with one attached hydrogen (secondary N) is 2. The van der Waals surface area contributed by atoms with E-state index in [4.69, 9.17) is 0 Å². The summed E-state index contributed by atoms with van der Waals surface area (Å²) in [6.07, 6.45) is 1.98. The molecule has 1 unspecified atom stereocenters. The molecule has 5 nitrogen and oxygen atoms in total. The second-order valence-electron chi connectivity index (χ2n) is 5.41. The lowest BCUT2D eigenvalue weighted by Crippen LogP contribution is -2.52. The molecule has 0 aromatic carbocycles. The second-order valence-corrected chi connectivity index (χ2v) is 5.41. The summed E-state index contributed by atoms with van der Waals surface area (Å²) in [6.45, 7) is 8.28. The molecular weight excluding hydrogens is 242 g/mol. The minimum Gasteiger partial charge on any atom is -0.347 e. The predicted molar refractivity (Wildman–Crippen MR) is 77.8 cm³/mol. The largest absolute Gasteiger partial charge is 0.347 e. The molecule has 0 aromatic rings. The number of rotatable bonds is 8. The maximum Gasteiger partial charge on any atom is 0.241 e. The van der Waals surface area contributed by atoms with E-state index in [-0.39, 0.29) is 30.3 Å². The average Bonchev–Trinajstić information content (AvgIpc) is 2.36. The second kappa shape index (κ2) is 8.91. The molecule has 0 aliphatic rings. The molecule has 0 saturated carbocycles. The third kappa shape index (κ3) is 6.57. The number of carbonyl (C=O) groups is 2. The van der Waals surface area contributed by atoms with Gasteiger partial charge in [0.1, 0.15) is 0 Å². The van der Waals surface area contributed by atoms with Crippen LogP contribution >= 0.6 is 0 Å². The van der Waals surface area contributed by atoms with E-state index < -0.39 is 0 Å². The lowest BCUT2D eigenvalue weighted by molar-refractivity contribution is -0.132. The Hall–Kier alpha value is -1.10. The Bertz CT molecular complexity index is 286. The highest BCUT2D eigenvalue weighted by Gasteiger charge is 2.24. The van der Waals surface area contributed by atoms with Gasteiger partial charge in [0.2, 0.25) is 11.8 Å². The summed E-state index contributed by atoms with van der Waals surface area (Å²) in [5, 5.41) is 6.07. The van der Waals surface area contributed by atoms with Gasteiger partial charge in [0.15, 0.2) is 0 Å². The Morgan fingerprint density at radius 1 is 1.11 bits per heavy atom. The number of nitrogens with zero attached hydrogens (tertiary/aromatic N) is 1. The zero-order chi connectivity index (χ0) is 15.0. The van der Waals surface area contributed by atoms with Gasteiger partial charge in [-0.1, -0.05) is 27.7 Å². The third-order valence-corrected chi connectivity index (χ3v) is 3.26. The number of carbonyl (C=O) groups excluding carboxylic acids is 2. The van der Waals surface area contributed by atoms with Crippen molar-refractivity contribution in [3.05, 3.63) is 0 Å². The van der Waals surface area contributed by atoms with E-state index in [9.17, 15) is 9.59 Å². The van der Waals surface area contributed by atoms with Crippen LogP contribution in [0.15, 0.2) is 0 Å². The van der Waals surface area contributed by atoms with Gasteiger partial charge < -0.3 is 15.5 Å². The van der Waals surface area contributed by atoms with Crippen molar-refractivity contribution in [2.24, 2.45) is 5.92 Å². The summed E-state index contributed by atoms with van der Waals surface area (Å²) < 4.78 is 0. The molecule has 0 aliphatic heterocycles. The molecule has 0 saturated heterocycles. The van der Waals surface area contributed by atoms with Crippen LogP contribution in [0.5, 0.6) is 0 Å². The zero-order valence-corrected chi connectivity index (χ0v) is 13.1. The van der Waals surface area contributed by atoms with Crippen molar-refractivity contribution in [1.82, 2.24) is 15.5 Å². The lowest BCUT2D eigenvalue weighted by Gasteiger charge is -2.26. The summed E-state index contributed by atoms with van der Waals surface area (Å²) in [7, 11) is 3.35. The van der Waals surface area contributed by atoms with Crippen LogP contribution in [0.4, 0.5) is 0 Å². The Kier molecular flexibility index (Phi) is 8.39. The summed E-state index contributed by atoms with van der Waals surface area (Å²) in [6, 6.07) is 0.0857. The van der Waals surface area contributed by atoms with Gasteiger partial charge in [-0.05, 0) is 18.8 Å². The molecule has 0 bridgehead atoms. The Labute approximate surface area is 117 Å². The highest BCUT2D eigenvalue weighted by atomic mass is 16.2. The molecule has 2 N–H and O–H groups in total. The van der Waals surface area contributed by atoms with E-state index in [1.807, 2.05) is 13.8 Å². The minimum atomic E-state index is -0.250. The Morgan fingerprint density at radius 3 is 2.00 bits per heavy atom. The van der Waals surface area contributed by atoms with E-state index in [2.05, 4.69) is 24.5 Å². The molecule has 0 aliphatic carbocycles. The Morgan fingerprint density at radius 2 is 1.63 bits per heavy atom. The predicted octanol–water partition coefficient (Wildman–Crippen LogP) is 0.994. The monoisotopic (exact) mass is 271 g/mol. The van der Waals surface area contributed by atoms with E-state index in [1.54, 1.807) is 14.1 Å². The first-order valence-electron chi connectivity index (χ1n) is 7.07. The summed E-state index contributed by atoms with van der Waals surface area (Å²) in [5.74, 6) is -0.00875. The molecular formula is C14H29N3O2. The standard InChI is InChI=1S/C14H29N3O2/c1-7-11(8-2)16-13(10(3)4)14(19)15-9-12(18)17(5)6/h10-11,13,16H,7-9H2,1-6H3,(H,15,19). The molecule has 0 rings (SSSR count). The lowest BCUT2D eigenvalue weighted by atomic mass is 10.0. The molecule has 1 atom stereocenters. The third-order valence-electron chi connectivity index (χ3n) is 3.26. The van der Waals surface area contributed by atoms with Crippen molar-refractivity contribution in [3.8, 4) is 0 Å². The highest BCUT2D eigenvalue weighted by Crippen LogP contribution is 2.06. The van der Waals surface area contributed by atoms with Crippen LogP contribution < -0.4 is 10.6 Å². The number of hydrogen-bond donors (Lipinski definition) is 2. The van der Waals surface area contributed by atoms with Gasteiger partial charge in [-0.15, -0.1) is 0 Å². The summed E-state index contributed by atoms with van der Waals surface area (Å²) >= 11 is 0. The smallest absolute Gasteiger partial charge is 0.241 e. The molecule has 0 aromatic heterocycles. The van der Waals surface area contributed by atoms with E-state index >= 15 is 0 Å². The van der Waals surface area contributed by atoms with Crippen molar-refractivity contribution in [2.75, 3.05) is 20.6 Å². The SMILES string of the molecule is CCC(CC)NC(C(=O)NCC(=O)N(C)C)C(C)C. The molecule has 5 heteroatoms.